The lowest BCUT2D eigenvalue weighted by molar-refractivity contribution is 0.172. The average Bonchev–Trinajstić information content (AvgIpc) is 2.74. The molecule has 0 saturated heterocycles. The predicted octanol–water partition coefficient (Wildman–Crippen LogP) is 0.400. The minimum absolute atomic E-state index is 0.164. The van der Waals surface area contributed by atoms with E-state index in [1.54, 1.807) is 27.7 Å². The molecule has 0 bridgehead atoms. The molecule has 0 aromatic heterocycles. The van der Waals surface area contributed by atoms with Crippen LogP contribution in [-0.4, -0.2) is 67.5 Å². The first kappa shape index (κ1) is 25.2. The summed E-state index contributed by atoms with van der Waals surface area (Å²) in [5.41, 5.74) is 8.77. The first-order valence-corrected chi connectivity index (χ1v) is 8.96. The molecule has 0 aliphatic heterocycles. The summed E-state index contributed by atoms with van der Waals surface area (Å²) < 4.78 is 0. The van der Waals surface area contributed by atoms with Gasteiger partial charge in [0.1, 0.15) is 17.5 Å². The lowest BCUT2D eigenvalue weighted by Crippen LogP contribution is -2.43. The molecule has 0 spiro atoms. The van der Waals surface area contributed by atoms with E-state index >= 15 is 0 Å². The SMILES string of the molecule is CCC(=NN(CCN(N=C(CC)NO)NC(CC)=NO)N=C(CC)NO)NO. The highest BCUT2D eigenvalue weighted by Crippen LogP contribution is 1.99. The van der Waals surface area contributed by atoms with Crippen molar-refractivity contribution in [3.05, 3.63) is 0 Å². The number of nitrogens with zero attached hydrogens (tertiary/aromatic N) is 6. The van der Waals surface area contributed by atoms with E-state index in [1.165, 1.54) is 10.2 Å². The third-order valence-corrected chi connectivity index (χ3v) is 3.33. The molecule has 0 radical (unpaired) electrons. The quantitative estimate of drug-likeness (QED) is 0.104. The number of amidine groups is 4. The maximum atomic E-state index is 9.13. The highest BCUT2D eigenvalue weighted by atomic mass is 16.5. The molecule has 162 valence electrons. The summed E-state index contributed by atoms with van der Waals surface area (Å²) >= 11 is 0. The molecule has 0 heterocycles. The van der Waals surface area contributed by atoms with E-state index in [4.69, 9.17) is 20.8 Å². The lowest BCUT2D eigenvalue weighted by Gasteiger charge is -2.24. The van der Waals surface area contributed by atoms with Gasteiger partial charge in [0.05, 0.1) is 13.1 Å². The number of hydrazone groups is 3. The van der Waals surface area contributed by atoms with Gasteiger partial charge in [0.25, 0.3) is 0 Å². The van der Waals surface area contributed by atoms with Crippen LogP contribution < -0.4 is 21.9 Å². The van der Waals surface area contributed by atoms with Crippen molar-refractivity contribution >= 4 is 23.3 Å². The molecule has 0 amide bonds. The molecule has 0 unspecified atom stereocenters. The van der Waals surface area contributed by atoms with Gasteiger partial charge in [0, 0.05) is 25.7 Å². The normalized spacial score (nSPS) is 13.2. The van der Waals surface area contributed by atoms with E-state index in [0.717, 1.165) is 0 Å². The standard InChI is InChI=1S/C14H32N10O4/c1-5-11(19-25)15-23(16-12(6-2)20-26)9-10-24(17-13(7-3)21-27)18-14(8-4)22-28/h25-28H,5-10H2,1-4H3,(H,15,19)(H,16,20)(H,17,21)(H,18,22). The molecule has 14 heteroatoms. The Bertz CT molecular complexity index is 512. The number of hydrogen-bond donors (Lipinski definition) is 8. The van der Waals surface area contributed by atoms with Crippen molar-refractivity contribution in [2.45, 2.75) is 53.4 Å². The van der Waals surface area contributed by atoms with Crippen LogP contribution >= 0.6 is 0 Å². The number of oxime groups is 1. The fourth-order valence-corrected chi connectivity index (χ4v) is 1.70. The van der Waals surface area contributed by atoms with Crippen LogP contribution in [0.3, 0.4) is 0 Å². The molecule has 0 saturated carbocycles. The Morgan fingerprint density at radius 3 is 1.46 bits per heavy atom. The molecule has 0 rings (SSSR count). The molecule has 0 aliphatic rings. The largest absolute Gasteiger partial charge is 0.409 e. The van der Waals surface area contributed by atoms with Crippen LogP contribution in [0.25, 0.3) is 0 Å². The number of hydroxylamine groups is 3. The Balaban J connectivity index is 5.54. The zero-order valence-corrected chi connectivity index (χ0v) is 16.7. The van der Waals surface area contributed by atoms with E-state index in [9.17, 15) is 0 Å². The van der Waals surface area contributed by atoms with Crippen molar-refractivity contribution in [2.24, 2.45) is 20.5 Å². The van der Waals surface area contributed by atoms with Gasteiger partial charge in [-0.25, -0.2) is 5.12 Å². The van der Waals surface area contributed by atoms with Gasteiger partial charge in [-0.05, 0) is 0 Å². The Morgan fingerprint density at radius 1 is 0.679 bits per heavy atom. The van der Waals surface area contributed by atoms with Crippen LogP contribution in [0.15, 0.2) is 20.5 Å². The smallest absolute Gasteiger partial charge is 0.161 e. The Labute approximate surface area is 164 Å². The lowest BCUT2D eigenvalue weighted by atomic mass is 10.4. The number of nitrogens with one attached hydrogen (secondary N) is 4. The first-order valence-electron chi connectivity index (χ1n) is 8.96. The third kappa shape index (κ3) is 9.75. The Kier molecular flexibility index (Phi) is 13.7. The van der Waals surface area contributed by atoms with Gasteiger partial charge < -0.3 is 5.21 Å². The molecule has 0 aromatic rings. The maximum absolute atomic E-state index is 9.13. The van der Waals surface area contributed by atoms with Gasteiger partial charge in [0.15, 0.2) is 5.84 Å². The second-order valence-corrected chi connectivity index (χ2v) is 5.27. The van der Waals surface area contributed by atoms with Gasteiger partial charge >= 0.3 is 0 Å². The second-order valence-electron chi connectivity index (χ2n) is 5.27. The molecule has 0 aromatic carbocycles. The minimum Gasteiger partial charge on any atom is -0.409 e. The first-order chi connectivity index (χ1) is 13.5. The summed E-state index contributed by atoms with van der Waals surface area (Å²) in [6, 6.07) is 0. The zero-order valence-electron chi connectivity index (χ0n) is 16.7. The highest BCUT2D eigenvalue weighted by molar-refractivity contribution is 5.82. The van der Waals surface area contributed by atoms with Crippen molar-refractivity contribution in [2.75, 3.05) is 13.1 Å². The fraction of sp³-hybridized carbons (Fsp3) is 0.714. The summed E-state index contributed by atoms with van der Waals surface area (Å²) in [5.74, 6) is 1.06. The van der Waals surface area contributed by atoms with Crippen molar-refractivity contribution < 1.29 is 20.8 Å². The minimum atomic E-state index is 0.164. The summed E-state index contributed by atoms with van der Waals surface area (Å²) in [6.45, 7) is 7.51. The second kappa shape index (κ2) is 15.2. The number of hydrogen-bond acceptors (Lipinski definition) is 10. The van der Waals surface area contributed by atoms with Crippen LogP contribution in [0.2, 0.25) is 0 Å². The molecular formula is C14H32N10O4. The molecule has 14 nitrogen and oxygen atoms in total. The van der Waals surface area contributed by atoms with Gasteiger partial charge in [-0.15, -0.1) is 15.3 Å². The number of rotatable bonds is 11. The van der Waals surface area contributed by atoms with Gasteiger partial charge in [-0.3, -0.25) is 37.5 Å². The topological polar surface area (TPSA) is 185 Å². The van der Waals surface area contributed by atoms with E-state index in [1.807, 2.05) is 16.4 Å². The van der Waals surface area contributed by atoms with Crippen molar-refractivity contribution in [1.82, 2.24) is 32.1 Å². The fourth-order valence-electron chi connectivity index (χ4n) is 1.70. The molecule has 0 atom stereocenters. The average molecular weight is 404 g/mol. The van der Waals surface area contributed by atoms with Crippen LogP contribution in [0.5, 0.6) is 0 Å². The summed E-state index contributed by atoms with van der Waals surface area (Å²) in [6.07, 6.45) is 1.68. The molecular weight excluding hydrogens is 372 g/mol. The summed E-state index contributed by atoms with van der Waals surface area (Å²) in [4.78, 5) is 0. The van der Waals surface area contributed by atoms with E-state index in [2.05, 4.69) is 25.9 Å². The van der Waals surface area contributed by atoms with Gasteiger partial charge in [-0.1, -0.05) is 32.9 Å². The predicted molar refractivity (Wildman–Crippen MR) is 104 cm³/mol. The zero-order chi connectivity index (χ0) is 21.4. The van der Waals surface area contributed by atoms with Crippen LogP contribution in [0, 0.1) is 0 Å². The van der Waals surface area contributed by atoms with Crippen LogP contribution in [0.4, 0.5) is 0 Å². The molecule has 0 fully saturated rings. The Hall–Kier alpha value is -2.84. The summed E-state index contributed by atoms with van der Waals surface area (Å²) in [5, 5.41) is 54.6. The third-order valence-electron chi connectivity index (χ3n) is 3.33. The number of hydrazine groups is 1. The maximum Gasteiger partial charge on any atom is 0.161 e. The van der Waals surface area contributed by atoms with Crippen molar-refractivity contribution in [3.63, 3.8) is 0 Å². The van der Waals surface area contributed by atoms with Gasteiger partial charge in [0.2, 0.25) is 0 Å². The monoisotopic (exact) mass is 404 g/mol. The van der Waals surface area contributed by atoms with Crippen LogP contribution in [-0.2, 0) is 0 Å². The van der Waals surface area contributed by atoms with E-state index < -0.39 is 0 Å². The van der Waals surface area contributed by atoms with Crippen molar-refractivity contribution in [3.8, 4) is 0 Å². The highest BCUT2D eigenvalue weighted by Gasteiger charge is 2.11. The van der Waals surface area contributed by atoms with Gasteiger partial charge in [-0.2, -0.15) is 5.12 Å². The van der Waals surface area contributed by atoms with Crippen LogP contribution in [0.1, 0.15) is 53.4 Å². The van der Waals surface area contributed by atoms with E-state index in [-0.39, 0.29) is 36.4 Å². The molecule has 0 aliphatic carbocycles. The molecule has 8 N–H and O–H groups in total. The van der Waals surface area contributed by atoms with Crippen molar-refractivity contribution in [1.29, 1.82) is 0 Å². The van der Waals surface area contributed by atoms with E-state index in [0.29, 0.717) is 25.7 Å². The molecule has 28 heavy (non-hydrogen) atoms. The Morgan fingerprint density at radius 2 is 1.11 bits per heavy atom. The summed E-state index contributed by atoms with van der Waals surface area (Å²) in [7, 11) is 0.